The van der Waals surface area contributed by atoms with E-state index in [2.05, 4.69) is 0 Å². The van der Waals surface area contributed by atoms with Crippen LogP contribution in [0.4, 0.5) is 0 Å². The van der Waals surface area contributed by atoms with Crippen LogP contribution in [0.2, 0.25) is 0 Å². The van der Waals surface area contributed by atoms with Gasteiger partial charge in [-0.15, -0.1) is 0 Å². The molecule has 4 aromatic carbocycles. The van der Waals surface area contributed by atoms with Crippen molar-refractivity contribution >= 4 is 56.2 Å². The van der Waals surface area contributed by atoms with Crippen LogP contribution < -0.4 is 0 Å². The van der Waals surface area contributed by atoms with Crippen molar-refractivity contribution in [3.8, 4) is 0 Å². The van der Waals surface area contributed by atoms with Crippen LogP contribution in [0.1, 0.15) is 41.4 Å². The standard InChI is InChI=1S/C20H10O8/c21-17(22)10-5-4-9-14-12-7(6-11(13(10)14)18(23)24)2-1-3-8(12)15(19(25)26)16(9)20(27)28/h1-6H,(H,21,22)(H,23,24)(H,25,26)(H,27,28). The summed E-state index contributed by atoms with van der Waals surface area (Å²) in [6.07, 6.45) is 0. The third kappa shape index (κ3) is 2.11. The maximum atomic E-state index is 11.9. The van der Waals surface area contributed by atoms with Crippen molar-refractivity contribution in [2.75, 3.05) is 0 Å². The van der Waals surface area contributed by atoms with Crippen LogP contribution in [0.5, 0.6) is 0 Å². The predicted octanol–water partition coefficient (Wildman–Crippen LogP) is 3.38. The smallest absolute Gasteiger partial charge is 0.337 e. The number of carboxylic acid groups (broad SMARTS) is 4. The minimum atomic E-state index is -1.51. The molecule has 0 atom stereocenters. The van der Waals surface area contributed by atoms with Crippen molar-refractivity contribution in [1.29, 1.82) is 0 Å². The first-order chi connectivity index (χ1) is 13.2. The molecule has 0 radical (unpaired) electrons. The SMILES string of the molecule is O=C(O)c1c(C(=O)O)c2ccc(C(=O)O)c3c(C(=O)O)cc4cccc1c4c23. The van der Waals surface area contributed by atoms with Gasteiger partial charge in [0.15, 0.2) is 0 Å². The number of carbonyl (C=O) groups is 4. The third-order valence-corrected chi connectivity index (χ3v) is 4.80. The Labute approximate surface area is 155 Å². The maximum Gasteiger partial charge on any atom is 0.337 e. The van der Waals surface area contributed by atoms with Crippen LogP contribution in [0.25, 0.3) is 32.3 Å². The first kappa shape index (κ1) is 17.2. The predicted molar refractivity (Wildman–Crippen MR) is 98.0 cm³/mol. The summed E-state index contributed by atoms with van der Waals surface area (Å²) in [4.78, 5) is 47.3. The summed E-state index contributed by atoms with van der Waals surface area (Å²) in [5.41, 5.74) is -1.56. The summed E-state index contributed by atoms with van der Waals surface area (Å²) < 4.78 is 0. The van der Waals surface area contributed by atoms with Gasteiger partial charge in [-0.1, -0.05) is 24.3 Å². The van der Waals surface area contributed by atoms with E-state index < -0.39 is 35.0 Å². The number of hydrogen-bond donors (Lipinski definition) is 4. The topological polar surface area (TPSA) is 149 Å². The van der Waals surface area contributed by atoms with Gasteiger partial charge < -0.3 is 20.4 Å². The van der Waals surface area contributed by atoms with E-state index in [9.17, 15) is 39.6 Å². The quantitative estimate of drug-likeness (QED) is 0.395. The molecule has 4 rings (SSSR count). The van der Waals surface area contributed by atoms with E-state index in [1.165, 1.54) is 24.3 Å². The van der Waals surface area contributed by atoms with Gasteiger partial charge in [-0.05, 0) is 39.1 Å². The monoisotopic (exact) mass is 378 g/mol. The molecule has 8 heteroatoms. The Bertz CT molecular complexity index is 1370. The fourth-order valence-electron chi connectivity index (χ4n) is 3.82. The van der Waals surface area contributed by atoms with Gasteiger partial charge in [0, 0.05) is 5.39 Å². The Kier molecular flexibility index (Phi) is 3.47. The second kappa shape index (κ2) is 5.65. The van der Waals surface area contributed by atoms with E-state index in [0.717, 1.165) is 6.07 Å². The van der Waals surface area contributed by atoms with Gasteiger partial charge >= 0.3 is 23.9 Å². The molecule has 28 heavy (non-hydrogen) atoms. The van der Waals surface area contributed by atoms with Crippen LogP contribution in [0.3, 0.4) is 0 Å². The molecule has 0 spiro atoms. The van der Waals surface area contributed by atoms with Gasteiger partial charge in [0.1, 0.15) is 0 Å². The largest absolute Gasteiger partial charge is 0.478 e. The van der Waals surface area contributed by atoms with Crippen LogP contribution in [0, 0.1) is 0 Å². The molecule has 0 saturated carbocycles. The highest BCUT2D eigenvalue weighted by atomic mass is 16.4. The van der Waals surface area contributed by atoms with Gasteiger partial charge in [0.2, 0.25) is 0 Å². The van der Waals surface area contributed by atoms with Crippen molar-refractivity contribution in [3.63, 3.8) is 0 Å². The van der Waals surface area contributed by atoms with Crippen molar-refractivity contribution in [3.05, 3.63) is 58.7 Å². The summed E-state index contributed by atoms with van der Waals surface area (Å²) in [5, 5.41) is 39.2. The molecular formula is C20H10O8. The molecule has 0 unspecified atom stereocenters. The first-order valence-corrected chi connectivity index (χ1v) is 7.94. The molecule has 0 aliphatic carbocycles. The lowest BCUT2D eigenvalue weighted by Crippen LogP contribution is -2.12. The van der Waals surface area contributed by atoms with Crippen LogP contribution >= 0.6 is 0 Å². The van der Waals surface area contributed by atoms with E-state index in [1.54, 1.807) is 6.07 Å². The van der Waals surface area contributed by atoms with Gasteiger partial charge in [-0.25, -0.2) is 19.2 Å². The highest BCUT2D eigenvalue weighted by molar-refractivity contribution is 6.35. The zero-order valence-electron chi connectivity index (χ0n) is 13.9. The third-order valence-electron chi connectivity index (χ3n) is 4.80. The minimum Gasteiger partial charge on any atom is -0.478 e. The van der Waals surface area contributed by atoms with Crippen LogP contribution in [-0.4, -0.2) is 44.3 Å². The molecule has 4 N–H and O–H groups in total. The summed E-state index contributed by atoms with van der Waals surface area (Å²) >= 11 is 0. The average Bonchev–Trinajstić information content (AvgIpc) is 2.63. The first-order valence-electron chi connectivity index (χ1n) is 7.94. The Balaban J connectivity index is 2.49. The molecule has 8 nitrogen and oxygen atoms in total. The molecular weight excluding hydrogens is 368 g/mol. The maximum absolute atomic E-state index is 11.9. The fourth-order valence-corrected chi connectivity index (χ4v) is 3.82. The van der Waals surface area contributed by atoms with Crippen molar-refractivity contribution in [2.24, 2.45) is 0 Å². The van der Waals surface area contributed by atoms with Crippen molar-refractivity contribution in [1.82, 2.24) is 0 Å². The second-order valence-corrected chi connectivity index (χ2v) is 6.21. The molecule has 0 aliphatic rings. The van der Waals surface area contributed by atoms with Crippen LogP contribution in [-0.2, 0) is 0 Å². The number of rotatable bonds is 4. The average molecular weight is 378 g/mol. The van der Waals surface area contributed by atoms with E-state index in [1.807, 2.05) is 0 Å². The molecule has 0 aliphatic heterocycles. The summed E-state index contributed by atoms with van der Waals surface area (Å²) in [6, 6.07) is 8.04. The Hall–Kier alpha value is -4.20. The lowest BCUT2D eigenvalue weighted by Gasteiger charge is -2.18. The number of carboxylic acids is 4. The van der Waals surface area contributed by atoms with Gasteiger partial charge in [0.25, 0.3) is 0 Å². The summed E-state index contributed by atoms with van der Waals surface area (Å²) in [6.45, 7) is 0. The van der Waals surface area contributed by atoms with Gasteiger partial charge in [-0.2, -0.15) is 0 Å². The van der Waals surface area contributed by atoms with Crippen molar-refractivity contribution in [2.45, 2.75) is 0 Å². The fraction of sp³-hybridized carbons (Fsp3) is 0. The van der Waals surface area contributed by atoms with Gasteiger partial charge in [0.05, 0.1) is 22.3 Å². The minimum absolute atomic E-state index is 0.0308. The lowest BCUT2D eigenvalue weighted by atomic mass is 9.84. The second-order valence-electron chi connectivity index (χ2n) is 6.21. The Morgan fingerprint density at radius 2 is 1.14 bits per heavy atom. The van der Waals surface area contributed by atoms with Crippen LogP contribution in [0.15, 0.2) is 36.4 Å². The molecule has 0 heterocycles. The van der Waals surface area contributed by atoms with E-state index in [0.29, 0.717) is 10.8 Å². The van der Waals surface area contributed by atoms with Gasteiger partial charge in [-0.3, -0.25) is 0 Å². The van der Waals surface area contributed by atoms with E-state index >= 15 is 0 Å². The zero-order valence-corrected chi connectivity index (χ0v) is 13.9. The zero-order chi connectivity index (χ0) is 20.3. The molecule has 0 saturated heterocycles. The van der Waals surface area contributed by atoms with E-state index in [-0.39, 0.29) is 32.7 Å². The summed E-state index contributed by atoms with van der Waals surface area (Å²) in [5.74, 6) is -5.72. The highest BCUT2D eigenvalue weighted by Gasteiger charge is 2.29. The summed E-state index contributed by atoms with van der Waals surface area (Å²) in [7, 11) is 0. The molecule has 0 fully saturated rings. The van der Waals surface area contributed by atoms with Crippen molar-refractivity contribution < 1.29 is 39.6 Å². The number of benzene rings is 4. The number of aromatic carboxylic acids is 4. The highest BCUT2D eigenvalue weighted by Crippen LogP contribution is 2.42. The van der Waals surface area contributed by atoms with E-state index in [4.69, 9.17) is 0 Å². The Morgan fingerprint density at radius 1 is 0.571 bits per heavy atom. The normalized spacial score (nSPS) is 11.3. The molecule has 4 aromatic rings. The molecule has 0 bridgehead atoms. The Morgan fingerprint density at radius 3 is 1.68 bits per heavy atom. The lowest BCUT2D eigenvalue weighted by molar-refractivity contribution is 0.0655. The number of hydrogen-bond acceptors (Lipinski definition) is 4. The molecule has 0 aromatic heterocycles. The molecule has 138 valence electrons. The molecule has 0 amide bonds.